The van der Waals surface area contributed by atoms with Crippen molar-refractivity contribution in [1.29, 1.82) is 0 Å². The van der Waals surface area contributed by atoms with E-state index < -0.39 is 23.8 Å². The molecule has 2 aromatic carbocycles. The summed E-state index contributed by atoms with van der Waals surface area (Å²) in [5.41, 5.74) is 5.40. The standard InChI is InChI=1S/C19H15N3O6/c20-16(24)10-28-14-3-1-2-11(8-14)9-15-17(25)21-19(27)22(18(15)26)12-4-6-13(23)7-5-12/h1-9,23H,10H2,(H2,20,24)(H,21,25,27)/b15-9-. The average Bonchev–Trinajstić information content (AvgIpc) is 2.65. The molecule has 1 saturated heterocycles. The van der Waals surface area contributed by atoms with E-state index in [9.17, 15) is 24.3 Å². The summed E-state index contributed by atoms with van der Waals surface area (Å²) in [5, 5.41) is 11.5. The van der Waals surface area contributed by atoms with Gasteiger partial charge < -0.3 is 15.6 Å². The molecule has 9 heteroatoms. The number of primary amides is 1. The SMILES string of the molecule is NC(=O)COc1cccc(/C=C2/C(=O)NC(=O)N(c3ccc(O)cc3)C2=O)c1. The van der Waals surface area contributed by atoms with Crippen molar-refractivity contribution in [3.8, 4) is 11.5 Å². The number of amides is 5. The molecule has 1 fully saturated rings. The minimum Gasteiger partial charge on any atom is -0.508 e. The van der Waals surface area contributed by atoms with Crippen molar-refractivity contribution >= 4 is 35.5 Å². The van der Waals surface area contributed by atoms with Crippen LogP contribution in [-0.4, -0.2) is 35.5 Å². The topological polar surface area (TPSA) is 139 Å². The fourth-order valence-corrected chi connectivity index (χ4v) is 2.51. The molecule has 0 bridgehead atoms. The molecule has 28 heavy (non-hydrogen) atoms. The number of benzene rings is 2. The number of hydrogen-bond acceptors (Lipinski definition) is 6. The number of anilines is 1. The molecule has 1 aliphatic heterocycles. The number of barbiturate groups is 1. The predicted octanol–water partition coefficient (Wildman–Crippen LogP) is 0.923. The van der Waals surface area contributed by atoms with Crippen LogP contribution in [0.15, 0.2) is 54.1 Å². The van der Waals surface area contributed by atoms with Gasteiger partial charge >= 0.3 is 6.03 Å². The maximum atomic E-state index is 12.8. The zero-order chi connectivity index (χ0) is 20.3. The highest BCUT2D eigenvalue weighted by Crippen LogP contribution is 2.24. The Kier molecular flexibility index (Phi) is 5.07. The van der Waals surface area contributed by atoms with Crippen LogP contribution in [0.2, 0.25) is 0 Å². The number of phenolic OH excluding ortho intramolecular Hbond substituents is 1. The number of carbonyl (C=O) groups excluding carboxylic acids is 4. The van der Waals surface area contributed by atoms with E-state index >= 15 is 0 Å². The molecule has 3 rings (SSSR count). The van der Waals surface area contributed by atoms with Gasteiger partial charge in [0.05, 0.1) is 5.69 Å². The molecule has 0 aromatic heterocycles. The molecule has 0 radical (unpaired) electrons. The number of nitrogens with two attached hydrogens (primary N) is 1. The van der Waals surface area contributed by atoms with Gasteiger partial charge in [0.15, 0.2) is 6.61 Å². The Hall–Kier alpha value is -4.14. The molecule has 2 aromatic rings. The predicted molar refractivity (Wildman–Crippen MR) is 98.2 cm³/mol. The van der Waals surface area contributed by atoms with Crippen molar-refractivity contribution in [3.05, 3.63) is 59.7 Å². The van der Waals surface area contributed by atoms with Gasteiger partial charge in [-0.1, -0.05) is 12.1 Å². The normalized spacial score (nSPS) is 15.5. The number of imide groups is 2. The fourth-order valence-electron chi connectivity index (χ4n) is 2.51. The molecule has 5 amide bonds. The molecule has 1 heterocycles. The molecule has 9 nitrogen and oxygen atoms in total. The molecule has 0 saturated carbocycles. The number of carbonyl (C=O) groups is 4. The van der Waals surface area contributed by atoms with Crippen LogP contribution in [0.1, 0.15) is 5.56 Å². The number of nitrogens with zero attached hydrogens (tertiary/aromatic N) is 1. The highest BCUT2D eigenvalue weighted by molar-refractivity contribution is 6.39. The largest absolute Gasteiger partial charge is 0.508 e. The van der Waals surface area contributed by atoms with Crippen molar-refractivity contribution in [2.75, 3.05) is 11.5 Å². The summed E-state index contributed by atoms with van der Waals surface area (Å²) < 4.78 is 5.19. The summed E-state index contributed by atoms with van der Waals surface area (Å²) in [4.78, 5) is 48.7. The average molecular weight is 381 g/mol. The Labute approximate surface area is 159 Å². The summed E-state index contributed by atoms with van der Waals surface area (Å²) in [6, 6.07) is 10.8. The van der Waals surface area contributed by atoms with Gasteiger partial charge in [0.25, 0.3) is 17.7 Å². The first-order valence-electron chi connectivity index (χ1n) is 8.07. The molecule has 1 aliphatic rings. The van der Waals surface area contributed by atoms with Crippen molar-refractivity contribution < 1.29 is 29.0 Å². The second-order valence-electron chi connectivity index (χ2n) is 5.80. The molecule has 4 N–H and O–H groups in total. The Bertz CT molecular complexity index is 997. The van der Waals surface area contributed by atoms with E-state index in [4.69, 9.17) is 10.5 Å². The monoisotopic (exact) mass is 381 g/mol. The number of aromatic hydroxyl groups is 1. The van der Waals surface area contributed by atoms with E-state index in [1.807, 2.05) is 0 Å². The first kappa shape index (κ1) is 18.6. The second-order valence-corrected chi connectivity index (χ2v) is 5.80. The molecule has 0 spiro atoms. The minimum atomic E-state index is -0.892. The third-order valence-corrected chi connectivity index (χ3v) is 3.76. The summed E-state index contributed by atoms with van der Waals surface area (Å²) >= 11 is 0. The van der Waals surface area contributed by atoms with Crippen LogP contribution in [0.4, 0.5) is 10.5 Å². The van der Waals surface area contributed by atoms with E-state index in [1.54, 1.807) is 18.2 Å². The van der Waals surface area contributed by atoms with Gasteiger partial charge in [-0.25, -0.2) is 9.69 Å². The number of ether oxygens (including phenoxy) is 1. The van der Waals surface area contributed by atoms with Crippen LogP contribution in [0.5, 0.6) is 11.5 Å². The van der Waals surface area contributed by atoms with E-state index in [2.05, 4.69) is 5.32 Å². The second kappa shape index (κ2) is 7.62. The number of hydrogen-bond donors (Lipinski definition) is 3. The van der Waals surface area contributed by atoms with Gasteiger partial charge in [0.2, 0.25) is 0 Å². The van der Waals surface area contributed by atoms with Crippen LogP contribution in [0, 0.1) is 0 Å². The third-order valence-electron chi connectivity index (χ3n) is 3.76. The summed E-state index contributed by atoms with van der Waals surface area (Å²) in [5.74, 6) is -2.01. The van der Waals surface area contributed by atoms with Crippen molar-refractivity contribution in [3.63, 3.8) is 0 Å². The quantitative estimate of drug-likeness (QED) is 0.520. The summed E-state index contributed by atoms with van der Waals surface area (Å²) in [6.07, 6.45) is 1.30. The Morgan fingerprint density at radius 1 is 1.14 bits per heavy atom. The van der Waals surface area contributed by atoms with E-state index in [-0.39, 0.29) is 23.6 Å². The number of urea groups is 1. The van der Waals surface area contributed by atoms with Crippen molar-refractivity contribution in [2.45, 2.75) is 0 Å². The van der Waals surface area contributed by atoms with E-state index in [1.165, 1.54) is 36.4 Å². The lowest BCUT2D eigenvalue weighted by molar-refractivity contribution is -0.123. The Morgan fingerprint density at radius 3 is 2.54 bits per heavy atom. The van der Waals surface area contributed by atoms with Gasteiger partial charge in [-0.15, -0.1) is 0 Å². The molecule has 0 atom stereocenters. The third kappa shape index (κ3) is 3.98. The zero-order valence-electron chi connectivity index (χ0n) is 14.4. The van der Waals surface area contributed by atoms with Crippen LogP contribution in [0.3, 0.4) is 0 Å². The maximum absolute atomic E-state index is 12.8. The van der Waals surface area contributed by atoms with Crippen LogP contribution in [-0.2, 0) is 14.4 Å². The molecule has 142 valence electrons. The maximum Gasteiger partial charge on any atom is 0.335 e. The Balaban J connectivity index is 1.92. The van der Waals surface area contributed by atoms with Gasteiger partial charge in [0.1, 0.15) is 17.1 Å². The van der Waals surface area contributed by atoms with Crippen LogP contribution in [0.25, 0.3) is 6.08 Å². The highest BCUT2D eigenvalue weighted by Gasteiger charge is 2.36. The van der Waals surface area contributed by atoms with Crippen molar-refractivity contribution in [2.24, 2.45) is 5.73 Å². The summed E-state index contributed by atoms with van der Waals surface area (Å²) in [6.45, 7) is -0.317. The summed E-state index contributed by atoms with van der Waals surface area (Å²) in [7, 11) is 0. The lowest BCUT2D eigenvalue weighted by atomic mass is 10.1. The van der Waals surface area contributed by atoms with E-state index in [0.29, 0.717) is 11.3 Å². The smallest absolute Gasteiger partial charge is 0.335 e. The van der Waals surface area contributed by atoms with Gasteiger partial charge in [-0.05, 0) is 48.0 Å². The first-order chi connectivity index (χ1) is 13.3. The minimum absolute atomic E-state index is 0.0340. The molecule has 0 unspecified atom stereocenters. The van der Waals surface area contributed by atoms with Gasteiger partial charge in [-0.3, -0.25) is 19.7 Å². The highest BCUT2D eigenvalue weighted by atomic mass is 16.5. The number of phenols is 1. The van der Waals surface area contributed by atoms with Crippen LogP contribution >= 0.6 is 0 Å². The molecular weight excluding hydrogens is 366 g/mol. The molecule has 0 aliphatic carbocycles. The zero-order valence-corrected chi connectivity index (χ0v) is 14.4. The van der Waals surface area contributed by atoms with Gasteiger partial charge in [0, 0.05) is 0 Å². The van der Waals surface area contributed by atoms with Gasteiger partial charge in [-0.2, -0.15) is 0 Å². The fraction of sp³-hybridized carbons (Fsp3) is 0.0526. The van der Waals surface area contributed by atoms with E-state index in [0.717, 1.165) is 4.90 Å². The molecular formula is C19H15N3O6. The lowest BCUT2D eigenvalue weighted by Crippen LogP contribution is -2.54. The van der Waals surface area contributed by atoms with Crippen LogP contribution < -0.4 is 20.7 Å². The lowest BCUT2D eigenvalue weighted by Gasteiger charge is -2.26. The number of nitrogens with one attached hydrogen (secondary N) is 1. The number of rotatable bonds is 5. The first-order valence-corrected chi connectivity index (χ1v) is 8.07. The van der Waals surface area contributed by atoms with Crippen molar-refractivity contribution in [1.82, 2.24) is 5.32 Å². The Morgan fingerprint density at radius 2 is 1.86 bits per heavy atom.